The average Bonchev–Trinajstić information content (AvgIpc) is 2.86. The van der Waals surface area contributed by atoms with Crippen LogP contribution in [0.1, 0.15) is 63.1 Å². The van der Waals surface area contributed by atoms with Gasteiger partial charge in [-0.05, 0) is 43.2 Å². The van der Waals surface area contributed by atoms with Crippen molar-refractivity contribution < 1.29 is 4.74 Å². The highest BCUT2D eigenvalue weighted by Crippen LogP contribution is 2.25. The highest BCUT2D eigenvalue weighted by molar-refractivity contribution is 5.26. The second-order valence-electron chi connectivity index (χ2n) is 6.02. The first-order valence-electron chi connectivity index (χ1n) is 7.50. The number of hydrogen-bond donors (Lipinski definition) is 1. The van der Waals surface area contributed by atoms with E-state index in [1.165, 1.54) is 30.4 Å². The SMILES string of the molecule is COC1CCCC1NC(C)c1ccc(C(C)C)cc1. The number of methoxy groups -OCH3 is 1. The highest BCUT2D eigenvalue weighted by Gasteiger charge is 2.28. The molecule has 0 radical (unpaired) electrons. The van der Waals surface area contributed by atoms with Crippen LogP contribution in [0.4, 0.5) is 0 Å². The molecule has 0 bridgehead atoms. The predicted molar refractivity (Wildman–Crippen MR) is 80.5 cm³/mol. The van der Waals surface area contributed by atoms with Crippen molar-refractivity contribution in [3.63, 3.8) is 0 Å². The molecule has 0 amide bonds. The van der Waals surface area contributed by atoms with Gasteiger partial charge in [-0.25, -0.2) is 0 Å². The lowest BCUT2D eigenvalue weighted by molar-refractivity contribution is 0.0820. The molecule has 1 fully saturated rings. The van der Waals surface area contributed by atoms with Gasteiger partial charge in [0.05, 0.1) is 6.10 Å². The molecular weight excluding hydrogens is 234 g/mol. The molecule has 0 aliphatic heterocycles. The second-order valence-corrected chi connectivity index (χ2v) is 6.02. The van der Waals surface area contributed by atoms with Gasteiger partial charge in [-0.15, -0.1) is 0 Å². The Balaban J connectivity index is 1.97. The van der Waals surface area contributed by atoms with E-state index < -0.39 is 0 Å². The van der Waals surface area contributed by atoms with E-state index >= 15 is 0 Å². The van der Waals surface area contributed by atoms with Crippen molar-refractivity contribution in [2.75, 3.05) is 7.11 Å². The molecule has 0 saturated heterocycles. The van der Waals surface area contributed by atoms with Crippen LogP contribution in [0, 0.1) is 0 Å². The summed E-state index contributed by atoms with van der Waals surface area (Å²) in [7, 11) is 1.83. The molecule has 2 rings (SSSR count). The average molecular weight is 261 g/mol. The quantitative estimate of drug-likeness (QED) is 0.864. The summed E-state index contributed by atoms with van der Waals surface area (Å²) in [6.07, 6.45) is 4.08. The fourth-order valence-electron chi connectivity index (χ4n) is 2.99. The molecule has 1 aromatic rings. The van der Waals surface area contributed by atoms with E-state index in [4.69, 9.17) is 4.74 Å². The Morgan fingerprint density at radius 2 is 1.68 bits per heavy atom. The molecule has 3 atom stereocenters. The van der Waals surface area contributed by atoms with E-state index in [2.05, 4.69) is 50.4 Å². The lowest BCUT2D eigenvalue weighted by Gasteiger charge is -2.24. The van der Waals surface area contributed by atoms with Crippen LogP contribution in [-0.4, -0.2) is 19.3 Å². The van der Waals surface area contributed by atoms with Crippen LogP contribution < -0.4 is 5.32 Å². The number of nitrogens with one attached hydrogen (secondary N) is 1. The third kappa shape index (κ3) is 3.58. The van der Waals surface area contributed by atoms with Gasteiger partial charge in [0.2, 0.25) is 0 Å². The van der Waals surface area contributed by atoms with Gasteiger partial charge in [0, 0.05) is 19.2 Å². The molecular formula is C17H27NO. The topological polar surface area (TPSA) is 21.3 Å². The molecule has 1 aromatic carbocycles. The normalized spacial score (nSPS) is 24.9. The minimum absolute atomic E-state index is 0.386. The smallest absolute Gasteiger partial charge is 0.0724 e. The summed E-state index contributed by atoms with van der Waals surface area (Å²) in [6, 6.07) is 9.90. The maximum absolute atomic E-state index is 5.55. The first-order chi connectivity index (χ1) is 9.11. The van der Waals surface area contributed by atoms with Crippen LogP contribution in [0.3, 0.4) is 0 Å². The molecule has 1 aliphatic carbocycles. The Labute approximate surface area is 117 Å². The Kier molecular flexibility index (Phi) is 5.00. The van der Waals surface area contributed by atoms with Crippen LogP contribution in [0.5, 0.6) is 0 Å². The van der Waals surface area contributed by atoms with Crippen LogP contribution in [0.15, 0.2) is 24.3 Å². The van der Waals surface area contributed by atoms with E-state index in [-0.39, 0.29) is 0 Å². The van der Waals surface area contributed by atoms with Gasteiger partial charge in [-0.2, -0.15) is 0 Å². The van der Waals surface area contributed by atoms with Gasteiger partial charge in [0.15, 0.2) is 0 Å². The molecule has 1 aliphatic rings. The van der Waals surface area contributed by atoms with E-state index in [0.717, 1.165) is 0 Å². The fraction of sp³-hybridized carbons (Fsp3) is 0.647. The van der Waals surface area contributed by atoms with Crippen LogP contribution in [0.25, 0.3) is 0 Å². The molecule has 106 valence electrons. The molecule has 3 unspecified atom stereocenters. The van der Waals surface area contributed by atoms with E-state index in [0.29, 0.717) is 24.1 Å². The Hall–Kier alpha value is -0.860. The number of hydrogen-bond acceptors (Lipinski definition) is 2. The van der Waals surface area contributed by atoms with Gasteiger partial charge >= 0.3 is 0 Å². The Bertz CT molecular complexity index is 385. The van der Waals surface area contributed by atoms with Crippen molar-refractivity contribution in [1.29, 1.82) is 0 Å². The maximum atomic E-state index is 5.55. The third-order valence-corrected chi connectivity index (χ3v) is 4.32. The lowest BCUT2D eigenvalue weighted by atomic mass is 9.99. The first-order valence-corrected chi connectivity index (χ1v) is 7.50. The predicted octanol–water partition coefficient (Wildman–Crippen LogP) is 4.03. The third-order valence-electron chi connectivity index (χ3n) is 4.32. The highest BCUT2D eigenvalue weighted by atomic mass is 16.5. The minimum Gasteiger partial charge on any atom is -0.380 e. The summed E-state index contributed by atoms with van der Waals surface area (Å²) in [6.45, 7) is 6.71. The Morgan fingerprint density at radius 3 is 2.26 bits per heavy atom. The summed E-state index contributed by atoms with van der Waals surface area (Å²) in [4.78, 5) is 0. The van der Waals surface area contributed by atoms with Crippen LogP contribution in [-0.2, 0) is 4.74 Å². The molecule has 1 saturated carbocycles. The zero-order valence-electron chi connectivity index (χ0n) is 12.6. The van der Waals surface area contributed by atoms with Crippen molar-refractivity contribution in [3.05, 3.63) is 35.4 Å². The second kappa shape index (κ2) is 6.53. The molecule has 19 heavy (non-hydrogen) atoms. The number of benzene rings is 1. The van der Waals surface area contributed by atoms with Gasteiger partial charge in [-0.3, -0.25) is 0 Å². The zero-order chi connectivity index (χ0) is 13.8. The first kappa shape index (κ1) is 14.5. The van der Waals surface area contributed by atoms with Gasteiger partial charge in [-0.1, -0.05) is 38.1 Å². The molecule has 0 aromatic heterocycles. The number of ether oxygens (including phenoxy) is 1. The van der Waals surface area contributed by atoms with Crippen molar-refractivity contribution in [1.82, 2.24) is 5.32 Å². The molecule has 1 N–H and O–H groups in total. The van der Waals surface area contributed by atoms with Crippen molar-refractivity contribution in [2.24, 2.45) is 0 Å². The van der Waals surface area contributed by atoms with Crippen molar-refractivity contribution in [2.45, 2.75) is 64.1 Å². The summed E-state index contributed by atoms with van der Waals surface area (Å²) in [5.74, 6) is 0.602. The van der Waals surface area contributed by atoms with Gasteiger partial charge < -0.3 is 10.1 Å². The molecule has 2 nitrogen and oxygen atoms in total. The van der Waals surface area contributed by atoms with Gasteiger partial charge in [0.25, 0.3) is 0 Å². The number of rotatable bonds is 5. The van der Waals surface area contributed by atoms with Crippen LogP contribution in [0.2, 0.25) is 0 Å². The summed E-state index contributed by atoms with van der Waals surface area (Å²) < 4.78 is 5.55. The summed E-state index contributed by atoms with van der Waals surface area (Å²) in [5, 5.41) is 3.72. The Morgan fingerprint density at radius 1 is 1.05 bits per heavy atom. The molecule has 2 heteroatoms. The summed E-state index contributed by atoms with van der Waals surface area (Å²) in [5.41, 5.74) is 2.78. The standard InChI is InChI=1S/C17H27NO/c1-12(2)14-8-10-15(11-9-14)13(3)18-16-6-5-7-17(16)19-4/h8-13,16-18H,5-7H2,1-4H3. The summed E-state index contributed by atoms with van der Waals surface area (Å²) >= 11 is 0. The maximum Gasteiger partial charge on any atom is 0.0724 e. The molecule has 0 heterocycles. The van der Waals surface area contributed by atoms with E-state index in [9.17, 15) is 0 Å². The van der Waals surface area contributed by atoms with E-state index in [1.54, 1.807) is 0 Å². The fourth-order valence-corrected chi connectivity index (χ4v) is 2.99. The zero-order valence-corrected chi connectivity index (χ0v) is 12.6. The largest absolute Gasteiger partial charge is 0.380 e. The van der Waals surface area contributed by atoms with Crippen molar-refractivity contribution >= 4 is 0 Å². The van der Waals surface area contributed by atoms with E-state index in [1.807, 2.05) is 7.11 Å². The minimum atomic E-state index is 0.386. The van der Waals surface area contributed by atoms with Crippen LogP contribution >= 0.6 is 0 Å². The monoisotopic (exact) mass is 261 g/mol. The lowest BCUT2D eigenvalue weighted by Crippen LogP contribution is -2.38. The van der Waals surface area contributed by atoms with Crippen molar-refractivity contribution in [3.8, 4) is 0 Å². The van der Waals surface area contributed by atoms with Gasteiger partial charge in [0.1, 0.15) is 0 Å². The molecule has 0 spiro atoms.